The lowest BCUT2D eigenvalue weighted by Gasteiger charge is -2.22. The average molecular weight is 291 g/mol. The first-order valence-electron chi connectivity index (χ1n) is 5.31. The molecule has 0 aliphatic carbocycles. The number of thiophene rings is 1. The standard InChI is InChI=1S/C11H15BrO2S/c12-10-7-9(8-15-10)4-6-14-11-3-1-2-5-13-11/h7-8,11H,1-6H2. The minimum Gasteiger partial charge on any atom is -0.353 e. The third kappa shape index (κ3) is 3.87. The molecule has 1 aromatic heterocycles. The van der Waals surface area contributed by atoms with Crippen molar-refractivity contribution >= 4 is 27.3 Å². The van der Waals surface area contributed by atoms with E-state index in [0.29, 0.717) is 0 Å². The van der Waals surface area contributed by atoms with Crippen LogP contribution in [0.25, 0.3) is 0 Å². The van der Waals surface area contributed by atoms with Crippen LogP contribution in [0, 0.1) is 0 Å². The first-order chi connectivity index (χ1) is 7.34. The van der Waals surface area contributed by atoms with Crippen molar-refractivity contribution in [2.75, 3.05) is 13.2 Å². The monoisotopic (exact) mass is 290 g/mol. The first-order valence-corrected chi connectivity index (χ1v) is 6.98. The Kier molecular flexibility index (Phi) is 4.62. The van der Waals surface area contributed by atoms with Crippen LogP contribution >= 0.6 is 27.3 Å². The summed E-state index contributed by atoms with van der Waals surface area (Å²) in [5.41, 5.74) is 1.34. The summed E-state index contributed by atoms with van der Waals surface area (Å²) in [5.74, 6) is 0. The SMILES string of the molecule is Brc1cc(CCOC2CCCCO2)cs1. The molecule has 1 aliphatic rings. The Morgan fingerprint density at radius 3 is 3.13 bits per heavy atom. The normalized spacial score (nSPS) is 21.8. The molecule has 1 saturated heterocycles. The molecule has 2 heterocycles. The number of halogens is 1. The van der Waals surface area contributed by atoms with Crippen molar-refractivity contribution in [3.05, 3.63) is 20.8 Å². The Hall–Kier alpha value is 0.1000. The lowest BCUT2D eigenvalue weighted by Crippen LogP contribution is -2.23. The van der Waals surface area contributed by atoms with Gasteiger partial charge in [0, 0.05) is 6.61 Å². The van der Waals surface area contributed by atoms with E-state index in [-0.39, 0.29) is 6.29 Å². The molecule has 84 valence electrons. The van der Waals surface area contributed by atoms with Crippen LogP contribution in [0.4, 0.5) is 0 Å². The van der Waals surface area contributed by atoms with Gasteiger partial charge in [-0.15, -0.1) is 11.3 Å². The summed E-state index contributed by atoms with van der Waals surface area (Å²) < 4.78 is 12.3. The van der Waals surface area contributed by atoms with Crippen LogP contribution in [-0.2, 0) is 15.9 Å². The second-order valence-electron chi connectivity index (χ2n) is 3.68. The molecular weight excluding hydrogens is 276 g/mol. The molecular formula is C11H15BrO2S. The third-order valence-corrected chi connectivity index (χ3v) is 4.01. The number of ether oxygens (including phenoxy) is 2. The minimum absolute atomic E-state index is 0.0424. The number of hydrogen-bond donors (Lipinski definition) is 0. The van der Waals surface area contributed by atoms with E-state index in [1.165, 1.54) is 22.2 Å². The molecule has 1 aliphatic heterocycles. The van der Waals surface area contributed by atoms with Gasteiger partial charge in [-0.1, -0.05) is 0 Å². The van der Waals surface area contributed by atoms with Crippen LogP contribution in [-0.4, -0.2) is 19.5 Å². The van der Waals surface area contributed by atoms with Crippen LogP contribution in [0.2, 0.25) is 0 Å². The fraction of sp³-hybridized carbons (Fsp3) is 0.636. The van der Waals surface area contributed by atoms with Crippen LogP contribution in [0.1, 0.15) is 24.8 Å². The number of rotatable bonds is 4. The second kappa shape index (κ2) is 5.99. The van der Waals surface area contributed by atoms with Gasteiger partial charge in [-0.3, -0.25) is 0 Å². The maximum Gasteiger partial charge on any atom is 0.157 e. The van der Waals surface area contributed by atoms with Gasteiger partial charge in [-0.2, -0.15) is 0 Å². The highest BCUT2D eigenvalue weighted by Gasteiger charge is 2.13. The molecule has 4 heteroatoms. The molecule has 2 nitrogen and oxygen atoms in total. The molecule has 0 radical (unpaired) electrons. The quantitative estimate of drug-likeness (QED) is 0.844. The molecule has 0 aromatic carbocycles. The number of hydrogen-bond acceptors (Lipinski definition) is 3. The van der Waals surface area contributed by atoms with Gasteiger partial charge in [-0.05, 0) is 58.6 Å². The molecule has 0 amide bonds. The predicted molar refractivity (Wildman–Crippen MR) is 65.3 cm³/mol. The summed E-state index contributed by atoms with van der Waals surface area (Å²) in [6.45, 7) is 1.61. The average Bonchev–Trinajstić information content (AvgIpc) is 2.66. The Morgan fingerprint density at radius 1 is 1.53 bits per heavy atom. The lowest BCUT2D eigenvalue weighted by molar-refractivity contribution is -0.161. The largest absolute Gasteiger partial charge is 0.353 e. The summed E-state index contributed by atoms with van der Waals surface area (Å²) in [6.07, 6.45) is 4.47. The zero-order chi connectivity index (χ0) is 10.5. The smallest absolute Gasteiger partial charge is 0.157 e. The summed E-state index contributed by atoms with van der Waals surface area (Å²) >= 11 is 5.17. The van der Waals surface area contributed by atoms with E-state index in [1.54, 1.807) is 11.3 Å². The summed E-state index contributed by atoms with van der Waals surface area (Å²) in [6, 6.07) is 2.15. The fourth-order valence-corrected chi connectivity index (χ4v) is 2.87. The molecule has 0 spiro atoms. The molecule has 2 rings (SSSR count). The van der Waals surface area contributed by atoms with E-state index in [9.17, 15) is 0 Å². The molecule has 0 N–H and O–H groups in total. The third-order valence-electron chi connectivity index (χ3n) is 2.45. The Balaban J connectivity index is 1.65. The second-order valence-corrected chi connectivity index (χ2v) is 5.97. The Labute approximate surface area is 103 Å². The highest BCUT2D eigenvalue weighted by atomic mass is 79.9. The summed E-state index contributed by atoms with van der Waals surface area (Å²) in [7, 11) is 0. The molecule has 1 unspecified atom stereocenters. The van der Waals surface area contributed by atoms with Crippen molar-refractivity contribution in [3.8, 4) is 0 Å². The predicted octanol–water partition coefficient (Wildman–Crippen LogP) is 3.60. The van der Waals surface area contributed by atoms with E-state index >= 15 is 0 Å². The maximum absolute atomic E-state index is 5.66. The van der Waals surface area contributed by atoms with Gasteiger partial charge in [0.05, 0.1) is 10.4 Å². The van der Waals surface area contributed by atoms with Gasteiger partial charge >= 0.3 is 0 Å². The van der Waals surface area contributed by atoms with Gasteiger partial charge in [0.25, 0.3) is 0 Å². The van der Waals surface area contributed by atoms with Gasteiger partial charge in [0.2, 0.25) is 0 Å². The van der Waals surface area contributed by atoms with Crippen molar-refractivity contribution in [1.82, 2.24) is 0 Å². The van der Waals surface area contributed by atoms with Crippen LogP contribution in [0.5, 0.6) is 0 Å². The topological polar surface area (TPSA) is 18.5 Å². The van der Waals surface area contributed by atoms with E-state index in [4.69, 9.17) is 9.47 Å². The van der Waals surface area contributed by atoms with Crippen molar-refractivity contribution < 1.29 is 9.47 Å². The van der Waals surface area contributed by atoms with E-state index < -0.39 is 0 Å². The van der Waals surface area contributed by atoms with Gasteiger partial charge < -0.3 is 9.47 Å². The van der Waals surface area contributed by atoms with Crippen molar-refractivity contribution in [2.24, 2.45) is 0 Å². The van der Waals surface area contributed by atoms with E-state index in [1.807, 2.05) is 0 Å². The van der Waals surface area contributed by atoms with Gasteiger partial charge in [0.1, 0.15) is 0 Å². The highest BCUT2D eigenvalue weighted by Crippen LogP contribution is 2.21. The Morgan fingerprint density at radius 2 is 2.47 bits per heavy atom. The van der Waals surface area contributed by atoms with E-state index in [0.717, 1.165) is 26.1 Å². The molecule has 0 bridgehead atoms. The van der Waals surface area contributed by atoms with Gasteiger partial charge in [0.15, 0.2) is 6.29 Å². The zero-order valence-corrected chi connectivity index (χ0v) is 11.0. The van der Waals surface area contributed by atoms with Crippen molar-refractivity contribution in [1.29, 1.82) is 0 Å². The Bertz CT molecular complexity index is 295. The zero-order valence-electron chi connectivity index (χ0n) is 8.58. The molecule has 1 fully saturated rings. The highest BCUT2D eigenvalue weighted by molar-refractivity contribution is 9.11. The van der Waals surface area contributed by atoms with Crippen molar-refractivity contribution in [2.45, 2.75) is 32.0 Å². The first kappa shape index (κ1) is 11.6. The van der Waals surface area contributed by atoms with E-state index in [2.05, 4.69) is 27.4 Å². The summed E-state index contributed by atoms with van der Waals surface area (Å²) in [4.78, 5) is 0. The molecule has 0 saturated carbocycles. The van der Waals surface area contributed by atoms with Crippen LogP contribution in [0.3, 0.4) is 0 Å². The van der Waals surface area contributed by atoms with Gasteiger partial charge in [-0.25, -0.2) is 0 Å². The van der Waals surface area contributed by atoms with Crippen molar-refractivity contribution in [3.63, 3.8) is 0 Å². The lowest BCUT2D eigenvalue weighted by atomic mass is 10.2. The maximum atomic E-state index is 5.66. The van der Waals surface area contributed by atoms with Crippen LogP contribution in [0.15, 0.2) is 15.2 Å². The molecule has 1 aromatic rings. The molecule has 15 heavy (non-hydrogen) atoms. The minimum atomic E-state index is 0.0424. The fourth-order valence-electron chi connectivity index (χ4n) is 1.63. The van der Waals surface area contributed by atoms with Crippen LogP contribution < -0.4 is 0 Å². The molecule has 1 atom stereocenters. The summed E-state index contributed by atoms with van der Waals surface area (Å²) in [5, 5.41) is 2.16.